The zero-order valence-corrected chi connectivity index (χ0v) is 9.89. The van der Waals surface area contributed by atoms with Crippen LogP contribution in [-0.2, 0) is 4.79 Å². The molecule has 1 saturated carbocycles. The Bertz CT molecular complexity index is 408. The summed E-state index contributed by atoms with van der Waals surface area (Å²) in [6, 6.07) is 2.02. The standard InChI is InChI=1S/C12H17N3O2/c1-8-13-6-5-11(14-8)15-10-4-2-3-9(7-10)12(16)17/h5-6,9-10H,2-4,7H2,1H3,(H,16,17)(H,13,14,15). The smallest absolute Gasteiger partial charge is 0.306 e. The predicted octanol–water partition coefficient (Wildman–Crippen LogP) is 1.84. The van der Waals surface area contributed by atoms with Gasteiger partial charge in [-0.25, -0.2) is 9.97 Å². The first kappa shape index (κ1) is 11.8. The molecule has 2 atom stereocenters. The summed E-state index contributed by atoms with van der Waals surface area (Å²) < 4.78 is 0. The Balaban J connectivity index is 1.97. The summed E-state index contributed by atoms with van der Waals surface area (Å²) in [7, 11) is 0. The molecule has 2 N–H and O–H groups in total. The van der Waals surface area contributed by atoms with Gasteiger partial charge in [-0.1, -0.05) is 6.42 Å². The maximum atomic E-state index is 11.0. The number of hydrogen-bond donors (Lipinski definition) is 2. The molecule has 0 aromatic carbocycles. The number of nitrogens with zero attached hydrogens (tertiary/aromatic N) is 2. The monoisotopic (exact) mass is 235 g/mol. The summed E-state index contributed by atoms with van der Waals surface area (Å²) in [4.78, 5) is 19.3. The van der Waals surface area contributed by atoms with Crippen molar-refractivity contribution in [3.05, 3.63) is 18.1 Å². The van der Waals surface area contributed by atoms with Crippen LogP contribution in [0, 0.1) is 12.8 Å². The molecule has 1 fully saturated rings. The summed E-state index contributed by atoms with van der Waals surface area (Å²) in [6.45, 7) is 1.84. The fraction of sp³-hybridized carbons (Fsp3) is 0.583. The van der Waals surface area contributed by atoms with Crippen molar-refractivity contribution in [3.63, 3.8) is 0 Å². The van der Waals surface area contributed by atoms with Crippen LogP contribution in [0.1, 0.15) is 31.5 Å². The second kappa shape index (κ2) is 5.12. The van der Waals surface area contributed by atoms with Gasteiger partial charge in [0.25, 0.3) is 0 Å². The van der Waals surface area contributed by atoms with E-state index in [1.54, 1.807) is 6.20 Å². The molecule has 17 heavy (non-hydrogen) atoms. The number of aliphatic carboxylic acids is 1. The zero-order chi connectivity index (χ0) is 12.3. The minimum atomic E-state index is -0.685. The van der Waals surface area contributed by atoms with Crippen LogP contribution in [0.2, 0.25) is 0 Å². The van der Waals surface area contributed by atoms with Gasteiger partial charge >= 0.3 is 5.97 Å². The molecule has 92 valence electrons. The average Bonchev–Trinajstić information content (AvgIpc) is 2.29. The van der Waals surface area contributed by atoms with E-state index in [1.165, 1.54) is 0 Å². The molecule has 1 aliphatic rings. The molecular weight excluding hydrogens is 218 g/mol. The Morgan fingerprint density at radius 2 is 2.35 bits per heavy atom. The SMILES string of the molecule is Cc1nccc(NC2CCCC(C(=O)O)C2)n1. The lowest BCUT2D eigenvalue weighted by Gasteiger charge is -2.27. The van der Waals surface area contributed by atoms with Gasteiger partial charge in [-0.05, 0) is 32.3 Å². The Morgan fingerprint density at radius 3 is 3.06 bits per heavy atom. The third-order valence-corrected chi connectivity index (χ3v) is 3.15. The molecular formula is C12H17N3O2. The van der Waals surface area contributed by atoms with Gasteiger partial charge in [-0.2, -0.15) is 0 Å². The Labute approximate surface area is 100 Å². The highest BCUT2D eigenvalue weighted by Gasteiger charge is 2.26. The van der Waals surface area contributed by atoms with Gasteiger partial charge < -0.3 is 10.4 Å². The van der Waals surface area contributed by atoms with Crippen molar-refractivity contribution in [3.8, 4) is 0 Å². The van der Waals surface area contributed by atoms with Crippen molar-refractivity contribution in [2.45, 2.75) is 38.6 Å². The Kier molecular flexibility index (Phi) is 3.56. The largest absolute Gasteiger partial charge is 0.481 e. The number of anilines is 1. The first-order valence-corrected chi connectivity index (χ1v) is 5.94. The highest BCUT2D eigenvalue weighted by atomic mass is 16.4. The van der Waals surface area contributed by atoms with E-state index in [0.29, 0.717) is 6.42 Å². The van der Waals surface area contributed by atoms with Gasteiger partial charge in [0.15, 0.2) is 0 Å². The second-order valence-electron chi connectivity index (χ2n) is 4.53. The fourth-order valence-electron chi connectivity index (χ4n) is 2.29. The summed E-state index contributed by atoms with van der Waals surface area (Å²) in [5.74, 6) is 0.605. The number of hydrogen-bond acceptors (Lipinski definition) is 4. The minimum absolute atomic E-state index is 0.208. The van der Waals surface area contributed by atoms with E-state index in [4.69, 9.17) is 5.11 Å². The van der Waals surface area contributed by atoms with Crippen LogP contribution >= 0.6 is 0 Å². The van der Waals surface area contributed by atoms with Gasteiger partial charge in [0.05, 0.1) is 5.92 Å². The lowest BCUT2D eigenvalue weighted by atomic mass is 9.86. The summed E-state index contributed by atoms with van der Waals surface area (Å²) >= 11 is 0. The van der Waals surface area contributed by atoms with E-state index in [0.717, 1.165) is 30.9 Å². The van der Waals surface area contributed by atoms with E-state index in [-0.39, 0.29) is 12.0 Å². The van der Waals surface area contributed by atoms with Crippen LogP contribution in [-0.4, -0.2) is 27.1 Å². The average molecular weight is 235 g/mol. The van der Waals surface area contributed by atoms with E-state index >= 15 is 0 Å². The van der Waals surface area contributed by atoms with E-state index < -0.39 is 5.97 Å². The maximum absolute atomic E-state index is 11.0. The van der Waals surface area contributed by atoms with Crippen LogP contribution in [0.15, 0.2) is 12.3 Å². The maximum Gasteiger partial charge on any atom is 0.306 e. The van der Waals surface area contributed by atoms with Gasteiger partial charge in [0.2, 0.25) is 0 Å². The molecule has 1 aliphatic carbocycles. The quantitative estimate of drug-likeness (QED) is 0.836. The highest BCUT2D eigenvalue weighted by molar-refractivity contribution is 5.70. The predicted molar refractivity (Wildman–Crippen MR) is 63.8 cm³/mol. The third-order valence-electron chi connectivity index (χ3n) is 3.15. The number of nitrogens with one attached hydrogen (secondary N) is 1. The molecule has 0 spiro atoms. The van der Waals surface area contributed by atoms with E-state index in [1.807, 2.05) is 13.0 Å². The van der Waals surface area contributed by atoms with Crippen molar-refractivity contribution in [2.75, 3.05) is 5.32 Å². The number of aryl methyl sites for hydroxylation is 1. The van der Waals surface area contributed by atoms with Crippen molar-refractivity contribution >= 4 is 11.8 Å². The molecule has 1 heterocycles. The molecule has 0 saturated heterocycles. The Hall–Kier alpha value is -1.65. The molecule has 0 amide bonds. The topological polar surface area (TPSA) is 75.1 Å². The highest BCUT2D eigenvalue weighted by Crippen LogP contribution is 2.26. The third kappa shape index (κ3) is 3.15. The van der Waals surface area contributed by atoms with Crippen molar-refractivity contribution in [1.29, 1.82) is 0 Å². The molecule has 1 aromatic heterocycles. The lowest BCUT2D eigenvalue weighted by Crippen LogP contribution is -2.31. The Morgan fingerprint density at radius 1 is 1.53 bits per heavy atom. The van der Waals surface area contributed by atoms with Crippen LogP contribution in [0.25, 0.3) is 0 Å². The van der Waals surface area contributed by atoms with Crippen LogP contribution in [0.5, 0.6) is 0 Å². The molecule has 5 nitrogen and oxygen atoms in total. The van der Waals surface area contributed by atoms with Crippen LogP contribution in [0.4, 0.5) is 5.82 Å². The molecule has 0 radical (unpaired) electrons. The lowest BCUT2D eigenvalue weighted by molar-refractivity contribution is -0.142. The first-order chi connectivity index (χ1) is 8.15. The number of carboxylic acid groups (broad SMARTS) is 1. The van der Waals surface area contributed by atoms with E-state index in [9.17, 15) is 4.79 Å². The first-order valence-electron chi connectivity index (χ1n) is 5.94. The molecule has 0 bridgehead atoms. The molecule has 2 unspecified atom stereocenters. The minimum Gasteiger partial charge on any atom is -0.481 e. The van der Waals surface area contributed by atoms with Gasteiger partial charge in [0, 0.05) is 12.2 Å². The molecule has 5 heteroatoms. The molecule has 1 aromatic rings. The molecule has 0 aliphatic heterocycles. The number of carboxylic acids is 1. The van der Waals surface area contributed by atoms with E-state index in [2.05, 4.69) is 15.3 Å². The fourth-order valence-corrected chi connectivity index (χ4v) is 2.29. The summed E-state index contributed by atoms with van der Waals surface area (Å²) in [5, 5.41) is 12.3. The van der Waals surface area contributed by atoms with Gasteiger partial charge in [0.1, 0.15) is 11.6 Å². The number of carbonyl (C=O) groups is 1. The van der Waals surface area contributed by atoms with Gasteiger partial charge in [-0.3, -0.25) is 4.79 Å². The van der Waals surface area contributed by atoms with Crippen LogP contribution < -0.4 is 5.32 Å². The summed E-state index contributed by atoms with van der Waals surface area (Å²) in [5.41, 5.74) is 0. The van der Waals surface area contributed by atoms with Crippen LogP contribution in [0.3, 0.4) is 0 Å². The van der Waals surface area contributed by atoms with Gasteiger partial charge in [-0.15, -0.1) is 0 Å². The van der Waals surface area contributed by atoms with Crippen molar-refractivity contribution < 1.29 is 9.90 Å². The number of rotatable bonds is 3. The second-order valence-corrected chi connectivity index (χ2v) is 4.53. The van der Waals surface area contributed by atoms with Crippen molar-refractivity contribution in [1.82, 2.24) is 9.97 Å². The van der Waals surface area contributed by atoms with Crippen molar-refractivity contribution in [2.24, 2.45) is 5.92 Å². The molecule has 2 rings (SSSR count). The normalized spacial score (nSPS) is 24.3. The summed E-state index contributed by atoms with van der Waals surface area (Å²) in [6.07, 6.45) is 5.14. The number of aromatic nitrogens is 2. The zero-order valence-electron chi connectivity index (χ0n) is 9.89.